The number of fused-ring (bicyclic) bond motifs is 1. The van der Waals surface area contributed by atoms with Gasteiger partial charge in [-0.2, -0.15) is 0 Å². The van der Waals surface area contributed by atoms with Crippen LogP contribution in [-0.4, -0.2) is 42.6 Å². The van der Waals surface area contributed by atoms with E-state index in [1.165, 1.54) is 4.90 Å². The van der Waals surface area contributed by atoms with Crippen molar-refractivity contribution in [2.45, 2.75) is 36.4 Å². The highest BCUT2D eigenvalue weighted by molar-refractivity contribution is 7.93. The zero-order valence-electron chi connectivity index (χ0n) is 7.89. The van der Waals surface area contributed by atoms with E-state index >= 15 is 0 Å². The molecule has 5 nitrogen and oxygen atoms in total. The molecule has 2 fully saturated rings. The maximum absolute atomic E-state index is 11.8. The van der Waals surface area contributed by atoms with Gasteiger partial charge in [-0.25, -0.2) is 4.79 Å². The van der Waals surface area contributed by atoms with Crippen molar-refractivity contribution < 1.29 is 19.2 Å². The van der Waals surface area contributed by atoms with E-state index in [0.29, 0.717) is 0 Å². The number of rotatable bonds is 1. The maximum Gasteiger partial charge on any atom is 0.332 e. The van der Waals surface area contributed by atoms with E-state index in [1.807, 2.05) is 0 Å². The molecule has 0 spiro atoms. The van der Waals surface area contributed by atoms with Crippen LogP contribution in [0.15, 0.2) is 0 Å². The largest absolute Gasteiger partial charge is 0.614 e. The molecule has 2 unspecified atom stereocenters. The number of carboxylic acid groups (broad SMARTS) is 1. The van der Waals surface area contributed by atoms with E-state index < -0.39 is 27.9 Å². The predicted molar refractivity (Wildman–Crippen MR) is 48.9 cm³/mol. The zero-order chi connectivity index (χ0) is 10.7. The van der Waals surface area contributed by atoms with Gasteiger partial charge in [0.15, 0.2) is 10.8 Å². The van der Waals surface area contributed by atoms with Crippen LogP contribution in [0, 0.1) is 0 Å². The number of amides is 1. The van der Waals surface area contributed by atoms with E-state index in [9.17, 15) is 14.1 Å². The lowest BCUT2D eigenvalue weighted by Gasteiger charge is -2.33. The molecule has 2 aliphatic heterocycles. The maximum atomic E-state index is 11.8. The number of carbonyl (C=O) groups excluding carboxylic acids is 1. The summed E-state index contributed by atoms with van der Waals surface area (Å²) in [5, 5.41) is 8.60. The summed E-state index contributed by atoms with van der Waals surface area (Å²) in [6.45, 7) is 3.26. The summed E-state index contributed by atoms with van der Waals surface area (Å²) < 4.78 is 11.0. The Morgan fingerprint density at radius 2 is 2.29 bits per heavy atom. The smallest absolute Gasteiger partial charge is 0.332 e. The van der Waals surface area contributed by atoms with E-state index in [1.54, 1.807) is 13.8 Å². The second-order valence-corrected chi connectivity index (χ2v) is 6.29. The zero-order valence-corrected chi connectivity index (χ0v) is 8.71. The van der Waals surface area contributed by atoms with Gasteiger partial charge in [0.2, 0.25) is 11.3 Å². The monoisotopic (exact) mass is 217 g/mol. The van der Waals surface area contributed by atoms with Gasteiger partial charge < -0.3 is 9.66 Å². The van der Waals surface area contributed by atoms with Crippen LogP contribution < -0.4 is 0 Å². The SMILES string of the molecule is CC1(C)C(C(=O)O)N2C(=O)C[C@@H]2[S+]1[O-]. The molecule has 3 atom stereocenters. The van der Waals surface area contributed by atoms with Crippen molar-refractivity contribution >= 4 is 23.1 Å². The van der Waals surface area contributed by atoms with Crippen molar-refractivity contribution in [1.82, 2.24) is 4.90 Å². The van der Waals surface area contributed by atoms with Gasteiger partial charge in [-0.1, -0.05) is 0 Å². The molecule has 14 heavy (non-hydrogen) atoms. The first-order chi connectivity index (χ1) is 6.37. The number of aliphatic carboxylic acids is 1. The van der Waals surface area contributed by atoms with Crippen LogP contribution in [0.5, 0.6) is 0 Å². The number of nitrogens with zero attached hydrogens (tertiary/aromatic N) is 1. The Bertz CT molecular complexity index is 316. The van der Waals surface area contributed by atoms with Crippen LogP contribution in [0.4, 0.5) is 0 Å². The van der Waals surface area contributed by atoms with Gasteiger partial charge >= 0.3 is 5.97 Å². The van der Waals surface area contributed by atoms with Crippen LogP contribution in [0.25, 0.3) is 0 Å². The lowest BCUT2D eigenvalue weighted by atomic mass is 9.98. The van der Waals surface area contributed by atoms with Crippen LogP contribution >= 0.6 is 0 Å². The second kappa shape index (κ2) is 2.64. The number of hydrogen-bond donors (Lipinski definition) is 1. The molecule has 2 saturated heterocycles. The van der Waals surface area contributed by atoms with E-state index in [0.717, 1.165) is 0 Å². The summed E-state index contributed by atoms with van der Waals surface area (Å²) in [6, 6.07) is -0.936. The summed E-state index contributed by atoms with van der Waals surface area (Å²) in [5.74, 6) is -1.28. The summed E-state index contributed by atoms with van der Waals surface area (Å²) in [4.78, 5) is 23.4. The molecule has 0 aromatic heterocycles. The number of β-lactam (4-membered cyclic amide) rings is 1. The van der Waals surface area contributed by atoms with Crippen LogP contribution in [0.2, 0.25) is 0 Å². The lowest BCUT2D eigenvalue weighted by molar-refractivity contribution is -0.157. The quantitative estimate of drug-likeness (QED) is 0.476. The van der Waals surface area contributed by atoms with Gasteiger partial charge in [0.05, 0.1) is 6.42 Å². The normalized spacial score (nSPS) is 39.2. The predicted octanol–water partition coefficient (Wildman–Crippen LogP) is -0.461. The summed E-state index contributed by atoms with van der Waals surface area (Å²) in [5.41, 5.74) is 0. The second-order valence-electron chi connectivity index (χ2n) is 4.10. The van der Waals surface area contributed by atoms with E-state index in [2.05, 4.69) is 0 Å². The first-order valence-corrected chi connectivity index (χ1v) is 5.53. The highest BCUT2D eigenvalue weighted by Gasteiger charge is 2.67. The van der Waals surface area contributed by atoms with E-state index in [4.69, 9.17) is 5.11 Å². The minimum atomic E-state index is -1.27. The molecule has 1 N–H and O–H groups in total. The number of carbonyl (C=O) groups is 2. The molecular weight excluding hydrogens is 206 g/mol. The Kier molecular flexibility index (Phi) is 1.84. The minimum Gasteiger partial charge on any atom is -0.614 e. The highest BCUT2D eigenvalue weighted by Crippen LogP contribution is 2.45. The third kappa shape index (κ3) is 0.951. The lowest BCUT2D eigenvalue weighted by Crippen LogP contribution is -2.57. The summed E-state index contributed by atoms with van der Waals surface area (Å²) >= 11 is -1.27. The molecule has 0 aliphatic carbocycles. The molecule has 2 aliphatic rings. The number of hydrogen-bond acceptors (Lipinski definition) is 3. The molecular formula is C8H11NO4S. The summed E-state index contributed by atoms with van der Waals surface area (Å²) in [7, 11) is 0. The first-order valence-electron chi connectivity index (χ1n) is 4.32. The van der Waals surface area contributed by atoms with Crippen molar-refractivity contribution in [2.24, 2.45) is 0 Å². The van der Waals surface area contributed by atoms with Crippen molar-refractivity contribution in [2.75, 3.05) is 0 Å². The van der Waals surface area contributed by atoms with E-state index in [-0.39, 0.29) is 17.7 Å². The fourth-order valence-corrected chi connectivity index (χ4v) is 3.98. The van der Waals surface area contributed by atoms with Crippen LogP contribution in [0.1, 0.15) is 20.3 Å². The van der Waals surface area contributed by atoms with Gasteiger partial charge in [-0.3, -0.25) is 9.69 Å². The van der Waals surface area contributed by atoms with Crippen molar-refractivity contribution in [3.63, 3.8) is 0 Å². The Hall–Kier alpha value is -0.750. The Balaban J connectivity index is 2.37. The van der Waals surface area contributed by atoms with Gasteiger partial charge in [0.1, 0.15) is 0 Å². The highest BCUT2D eigenvalue weighted by atomic mass is 32.2. The van der Waals surface area contributed by atoms with Gasteiger partial charge in [0, 0.05) is 0 Å². The van der Waals surface area contributed by atoms with Gasteiger partial charge in [0.25, 0.3) is 0 Å². The Labute approximate surface area is 84.3 Å². The fraction of sp³-hybridized carbons (Fsp3) is 0.750. The molecule has 0 radical (unpaired) electrons. The van der Waals surface area contributed by atoms with Crippen LogP contribution in [-0.2, 0) is 20.8 Å². The molecule has 0 aromatic rings. The first kappa shape index (κ1) is 9.79. The molecule has 6 heteroatoms. The molecule has 0 aromatic carbocycles. The Morgan fingerprint density at radius 1 is 1.71 bits per heavy atom. The van der Waals surface area contributed by atoms with Crippen molar-refractivity contribution in [3.05, 3.63) is 0 Å². The van der Waals surface area contributed by atoms with Crippen molar-refractivity contribution in [3.8, 4) is 0 Å². The Morgan fingerprint density at radius 3 is 2.64 bits per heavy atom. The van der Waals surface area contributed by atoms with Crippen molar-refractivity contribution in [1.29, 1.82) is 0 Å². The average molecular weight is 217 g/mol. The standard InChI is InChI=1S/C8H11NO4S/c1-8(2)6(7(11)12)9-4(10)3-5(9)14(8)13/h5-6H,3H2,1-2H3,(H,11,12)/t5-,6?,14?/m0/s1. The van der Waals surface area contributed by atoms with Gasteiger partial charge in [-0.05, 0) is 25.0 Å². The molecule has 2 rings (SSSR count). The number of carboxylic acids is 1. The van der Waals surface area contributed by atoms with Gasteiger partial charge in [-0.15, -0.1) is 0 Å². The summed E-state index contributed by atoms with van der Waals surface area (Å²) in [6.07, 6.45) is 0.222. The molecule has 78 valence electrons. The molecule has 1 amide bonds. The molecule has 0 bridgehead atoms. The van der Waals surface area contributed by atoms with Crippen LogP contribution in [0.3, 0.4) is 0 Å². The molecule has 0 saturated carbocycles. The minimum absolute atomic E-state index is 0.207. The fourth-order valence-electron chi connectivity index (χ4n) is 2.10. The third-order valence-electron chi connectivity index (χ3n) is 2.88. The average Bonchev–Trinajstić information content (AvgIpc) is 2.21. The third-order valence-corrected chi connectivity index (χ3v) is 5.03. The topological polar surface area (TPSA) is 80.7 Å². The molecule has 2 heterocycles.